The van der Waals surface area contributed by atoms with Gasteiger partial charge < -0.3 is 14.4 Å². The first-order valence-corrected chi connectivity index (χ1v) is 5.63. The van der Waals surface area contributed by atoms with Crippen molar-refractivity contribution in [2.45, 2.75) is 19.1 Å². The van der Waals surface area contributed by atoms with Crippen LogP contribution in [0.1, 0.15) is 33.5 Å². The van der Waals surface area contributed by atoms with Crippen LogP contribution in [0.3, 0.4) is 0 Å². The summed E-state index contributed by atoms with van der Waals surface area (Å²) < 4.78 is 10.6. The highest BCUT2D eigenvalue weighted by molar-refractivity contribution is 5.87. The number of fused-ring (bicyclic) bond motifs is 1. The minimum Gasteiger partial charge on any atom is -0.476 e. The molecule has 18 heavy (non-hydrogen) atoms. The van der Waals surface area contributed by atoms with E-state index in [1.807, 2.05) is 30.3 Å². The smallest absolute Gasteiger partial charge is 0.358 e. The van der Waals surface area contributed by atoms with Gasteiger partial charge in [0.2, 0.25) is 0 Å². The number of carbonyl (C=O) groups is 1. The van der Waals surface area contributed by atoms with Crippen molar-refractivity contribution in [3.63, 3.8) is 0 Å². The Morgan fingerprint density at radius 1 is 1.33 bits per heavy atom. The zero-order valence-corrected chi connectivity index (χ0v) is 9.50. The Morgan fingerprint density at radius 2 is 2.11 bits per heavy atom. The topological polar surface area (TPSA) is 72.6 Å². The molecule has 0 amide bonds. The van der Waals surface area contributed by atoms with Crippen molar-refractivity contribution in [2.75, 3.05) is 0 Å². The van der Waals surface area contributed by atoms with Crippen molar-refractivity contribution in [3.8, 4) is 0 Å². The minimum atomic E-state index is -1.06. The van der Waals surface area contributed by atoms with Crippen LogP contribution in [0.5, 0.6) is 0 Å². The molecule has 1 aliphatic rings. The van der Waals surface area contributed by atoms with Gasteiger partial charge in [-0.2, -0.15) is 0 Å². The molecule has 1 aromatic heterocycles. The van der Waals surface area contributed by atoms with Gasteiger partial charge in [-0.05, 0) is 5.56 Å². The van der Waals surface area contributed by atoms with E-state index >= 15 is 0 Å². The second kappa shape index (κ2) is 4.27. The van der Waals surface area contributed by atoms with Gasteiger partial charge in [0.05, 0.1) is 6.10 Å². The fraction of sp³-hybridized carbons (Fsp3) is 0.231. The van der Waals surface area contributed by atoms with Crippen molar-refractivity contribution in [3.05, 3.63) is 52.9 Å². The van der Waals surface area contributed by atoms with E-state index in [-0.39, 0.29) is 18.4 Å². The van der Waals surface area contributed by atoms with Crippen LogP contribution in [0.25, 0.3) is 0 Å². The summed E-state index contributed by atoms with van der Waals surface area (Å²) >= 11 is 0. The van der Waals surface area contributed by atoms with Crippen LogP contribution in [0.2, 0.25) is 0 Å². The monoisotopic (exact) mass is 245 g/mol. The fourth-order valence-corrected chi connectivity index (χ4v) is 2.14. The van der Waals surface area contributed by atoms with Crippen LogP contribution in [0, 0.1) is 0 Å². The number of carboxylic acids is 1. The van der Waals surface area contributed by atoms with Crippen LogP contribution in [0.15, 0.2) is 34.9 Å². The zero-order valence-electron chi connectivity index (χ0n) is 9.50. The van der Waals surface area contributed by atoms with E-state index in [9.17, 15) is 4.79 Å². The highest BCUT2D eigenvalue weighted by Crippen LogP contribution is 2.32. The van der Waals surface area contributed by atoms with E-state index in [0.717, 1.165) is 5.56 Å². The summed E-state index contributed by atoms with van der Waals surface area (Å²) in [6.07, 6.45) is 0.334. The number of benzene rings is 1. The normalized spacial score (nSPS) is 18.3. The van der Waals surface area contributed by atoms with Crippen LogP contribution in [-0.4, -0.2) is 16.2 Å². The Kier molecular flexibility index (Phi) is 2.60. The van der Waals surface area contributed by atoms with Crippen molar-refractivity contribution in [1.29, 1.82) is 0 Å². The van der Waals surface area contributed by atoms with Crippen LogP contribution < -0.4 is 0 Å². The van der Waals surface area contributed by atoms with E-state index in [2.05, 4.69) is 5.16 Å². The summed E-state index contributed by atoms with van der Waals surface area (Å²) in [5.74, 6) is -0.548. The molecule has 0 spiro atoms. The standard InChI is InChI=1S/C13H11NO4/c15-13(16)12-9-6-10(8-4-2-1-3-5-8)17-7-11(9)18-14-12/h1-5,10H,6-7H2,(H,15,16). The Labute approximate surface area is 103 Å². The summed E-state index contributed by atoms with van der Waals surface area (Å²) in [7, 11) is 0. The molecule has 1 aromatic carbocycles. The van der Waals surface area contributed by atoms with Crippen molar-refractivity contribution in [2.24, 2.45) is 0 Å². The molecule has 0 saturated heterocycles. The molecular formula is C13H11NO4. The minimum absolute atomic E-state index is 0.00534. The molecule has 0 bridgehead atoms. The van der Waals surface area contributed by atoms with Crippen molar-refractivity contribution in [1.82, 2.24) is 5.16 Å². The Hall–Kier alpha value is -2.14. The SMILES string of the molecule is O=C(O)c1noc2c1CC(c1ccccc1)OC2. The molecule has 0 saturated carbocycles. The highest BCUT2D eigenvalue weighted by atomic mass is 16.5. The summed E-state index contributed by atoms with van der Waals surface area (Å²) in [6.45, 7) is 0.259. The first-order chi connectivity index (χ1) is 8.75. The highest BCUT2D eigenvalue weighted by Gasteiger charge is 2.29. The predicted molar refractivity (Wildman–Crippen MR) is 61.1 cm³/mol. The third kappa shape index (κ3) is 1.78. The number of carboxylic acid groups (broad SMARTS) is 1. The second-order valence-electron chi connectivity index (χ2n) is 4.15. The molecular weight excluding hydrogens is 234 g/mol. The van der Waals surface area contributed by atoms with Gasteiger partial charge >= 0.3 is 5.97 Å². The van der Waals surface area contributed by atoms with Crippen LogP contribution in [-0.2, 0) is 17.8 Å². The second-order valence-corrected chi connectivity index (χ2v) is 4.15. The lowest BCUT2D eigenvalue weighted by molar-refractivity contribution is 0.0137. The van der Waals surface area contributed by atoms with Gasteiger partial charge in [0.1, 0.15) is 6.61 Å². The summed E-state index contributed by atoms with van der Waals surface area (Å²) in [6, 6.07) is 9.72. The molecule has 5 heteroatoms. The molecule has 5 nitrogen and oxygen atoms in total. The maximum absolute atomic E-state index is 11.0. The third-order valence-electron chi connectivity index (χ3n) is 3.05. The van der Waals surface area contributed by atoms with Gasteiger partial charge in [-0.3, -0.25) is 0 Å². The van der Waals surface area contributed by atoms with Gasteiger partial charge in [-0.1, -0.05) is 35.5 Å². The Bertz CT molecular complexity index is 576. The number of hydrogen-bond donors (Lipinski definition) is 1. The number of aromatic nitrogens is 1. The molecule has 1 unspecified atom stereocenters. The number of nitrogens with zero attached hydrogens (tertiary/aromatic N) is 1. The first kappa shape index (κ1) is 11.0. The average Bonchev–Trinajstić information content (AvgIpc) is 2.82. The van der Waals surface area contributed by atoms with E-state index in [0.29, 0.717) is 17.7 Å². The number of ether oxygens (including phenoxy) is 1. The lowest BCUT2D eigenvalue weighted by Crippen LogP contribution is -2.16. The van der Waals surface area contributed by atoms with Gasteiger partial charge in [-0.25, -0.2) is 4.79 Å². The van der Waals surface area contributed by atoms with E-state index in [1.165, 1.54) is 0 Å². The molecule has 1 N–H and O–H groups in total. The molecule has 92 valence electrons. The Morgan fingerprint density at radius 3 is 2.83 bits per heavy atom. The lowest BCUT2D eigenvalue weighted by Gasteiger charge is -2.22. The molecule has 0 fully saturated rings. The zero-order chi connectivity index (χ0) is 12.5. The maximum Gasteiger partial charge on any atom is 0.358 e. The van der Waals surface area contributed by atoms with Crippen molar-refractivity contribution < 1.29 is 19.2 Å². The quantitative estimate of drug-likeness (QED) is 0.877. The summed E-state index contributed by atoms with van der Waals surface area (Å²) in [5, 5.41) is 12.6. The van der Waals surface area contributed by atoms with E-state index in [4.69, 9.17) is 14.4 Å². The summed E-state index contributed by atoms with van der Waals surface area (Å²) in [5.41, 5.74) is 1.66. The molecule has 1 aliphatic heterocycles. The lowest BCUT2D eigenvalue weighted by atomic mass is 9.98. The Balaban J connectivity index is 1.93. The molecule has 2 aromatic rings. The molecule has 1 atom stereocenters. The summed E-state index contributed by atoms with van der Waals surface area (Å²) in [4.78, 5) is 11.0. The van der Waals surface area contributed by atoms with Crippen LogP contribution in [0.4, 0.5) is 0 Å². The van der Waals surface area contributed by atoms with Gasteiger partial charge in [0, 0.05) is 12.0 Å². The first-order valence-electron chi connectivity index (χ1n) is 5.63. The largest absolute Gasteiger partial charge is 0.476 e. The predicted octanol–water partition coefficient (Wildman–Crippen LogP) is 2.19. The third-order valence-corrected chi connectivity index (χ3v) is 3.05. The number of aromatic carboxylic acids is 1. The number of hydrogen-bond acceptors (Lipinski definition) is 4. The molecule has 0 aliphatic carbocycles. The van der Waals surface area contributed by atoms with Gasteiger partial charge in [0.15, 0.2) is 11.5 Å². The molecule has 3 rings (SSSR count). The van der Waals surface area contributed by atoms with Gasteiger partial charge in [0.25, 0.3) is 0 Å². The fourth-order valence-electron chi connectivity index (χ4n) is 2.14. The van der Waals surface area contributed by atoms with E-state index < -0.39 is 5.97 Å². The van der Waals surface area contributed by atoms with Crippen LogP contribution >= 0.6 is 0 Å². The number of rotatable bonds is 2. The molecule has 0 radical (unpaired) electrons. The molecule has 2 heterocycles. The van der Waals surface area contributed by atoms with Gasteiger partial charge in [-0.15, -0.1) is 0 Å². The average molecular weight is 245 g/mol. The van der Waals surface area contributed by atoms with E-state index in [1.54, 1.807) is 0 Å². The maximum atomic E-state index is 11.0. The van der Waals surface area contributed by atoms with Crippen molar-refractivity contribution >= 4 is 5.97 Å².